The molecule has 2 N–H and O–H groups in total. The summed E-state index contributed by atoms with van der Waals surface area (Å²) in [5.74, 6) is -0.657. The minimum Gasteiger partial charge on any atom is -0.478 e. The molecule has 0 spiro atoms. The maximum atomic E-state index is 11.3. The van der Waals surface area contributed by atoms with E-state index in [0.717, 1.165) is 5.56 Å². The van der Waals surface area contributed by atoms with Crippen molar-refractivity contribution in [2.45, 2.75) is 6.92 Å². The van der Waals surface area contributed by atoms with Gasteiger partial charge in [-0.1, -0.05) is 17.7 Å². The maximum absolute atomic E-state index is 11.3. The number of pyridine rings is 2. The Kier molecular flexibility index (Phi) is 4.21. The number of imidazole rings is 1. The van der Waals surface area contributed by atoms with Crippen molar-refractivity contribution in [1.29, 1.82) is 0 Å². The Hall–Kier alpha value is -3.45. The maximum Gasteiger partial charge on any atom is 0.336 e. The first-order valence-corrected chi connectivity index (χ1v) is 8.37. The van der Waals surface area contributed by atoms with Gasteiger partial charge in [0, 0.05) is 18.0 Å². The fraction of sp³-hybridized carbons (Fsp3) is 0.0526. The number of aromatic carboxylic acids is 1. The summed E-state index contributed by atoms with van der Waals surface area (Å²) < 4.78 is 5.67. The van der Waals surface area contributed by atoms with Crippen LogP contribution >= 0.6 is 11.6 Å². The first kappa shape index (κ1) is 17.0. The Morgan fingerprint density at radius 2 is 1.93 bits per heavy atom. The number of hydrogen-bond donors (Lipinski definition) is 2. The fourth-order valence-corrected chi connectivity index (χ4v) is 2.92. The lowest BCUT2D eigenvalue weighted by Gasteiger charge is -2.05. The molecule has 27 heavy (non-hydrogen) atoms. The van der Waals surface area contributed by atoms with E-state index in [9.17, 15) is 9.90 Å². The Labute approximate surface area is 158 Å². The van der Waals surface area contributed by atoms with E-state index in [1.54, 1.807) is 37.5 Å². The highest BCUT2D eigenvalue weighted by Gasteiger charge is 2.14. The molecule has 7 nitrogen and oxygen atoms in total. The molecule has 1 aromatic carbocycles. The van der Waals surface area contributed by atoms with Crippen molar-refractivity contribution >= 4 is 28.7 Å². The molecule has 0 amide bonds. The molecule has 4 rings (SSSR count). The second-order valence-electron chi connectivity index (χ2n) is 5.85. The molecule has 0 atom stereocenters. The highest BCUT2D eigenvalue weighted by molar-refractivity contribution is 6.33. The van der Waals surface area contributed by atoms with E-state index in [0.29, 0.717) is 33.2 Å². The van der Waals surface area contributed by atoms with Gasteiger partial charge in [0.25, 0.3) is 0 Å². The van der Waals surface area contributed by atoms with Gasteiger partial charge < -0.3 is 14.8 Å². The molecule has 0 radical (unpaired) electrons. The van der Waals surface area contributed by atoms with E-state index in [2.05, 4.69) is 19.9 Å². The summed E-state index contributed by atoms with van der Waals surface area (Å²) >= 11 is 6.34. The summed E-state index contributed by atoms with van der Waals surface area (Å²) in [6.07, 6.45) is 3.32. The SMILES string of the molecule is Cc1ccc(Oc2nc3nc(-c4ccncc4)c(Cl)cc3[nH]2)cc1C(=O)O. The number of rotatable bonds is 4. The van der Waals surface area contributed by atoms with Crippen LogP contribution in [0.5, 0.6) is 11.8 Å². The smallest absolute Gasteiger partial charge is 0.336 e. The number of aryl methyl sites for hydroxylation is 1. The predicted molar refractivity (Wildman–Crippen MR) is 100 cm³/mol. The number of nitrogens with zero attached hydrogens (tertiary/aromatic N) is 3. The standard InChI is InChI=1S/C19H13ClN4O3/c1-10-2-3-12(8-13(10)18(25)26)27-19-22-15-9-14(20)16(23-17(15)24-19)11-4-6-21-7-5-11/h2-9H,1H3,(H,25,26)(H,22,23,24). The van der Waals surface area contributed by atoms with Crippen LogP contribution in [0.1, 0.15) is 15.9 Å². The summed E-state index contributed by atoms with van der Waals surface area (Å²) in [6.45, 7) is 1.72. The number of benzene rings is 1. The van der Waals surface area contributed by atoms with Gasteiger partial charge >= 0.3 is 12.0 Å². The number of nitrogens with one attached hydrogen (secondary N) is 1. The molecule has 0 aliphatic heterocycles. The molecule has 134 valence electrons. The fourth-order valence-electron chi connectivity index (χ4n) is 2.66. The number of carboxylic acid groups (broad SMARTS) is 1. The van der Waals surface area contributed by atoms with Crippen molar-refractivity contribution in [2.24, 2.45) is 0 Å². The Bertz CT molecular complexity index is 1160. The topological polar surface area (TPSA) is 101 Å². The van der Waals surface area contributed by atoms with E-state index in [1.807, 2.05) is 12.1 Å². The summed E-state index contributed by atoms with van der Waals surface area (Å²) in [5.41, 5.74) is 3.28. The number of ether oxygens (including phenoxy) is 1. The number of halogens is 1. The Balaban J connectivity index is 1.70. The zero-order valence-corrected chi connectivity index (χ0v) is 14.9. The van der Waals surface area contributed by atoms with Gasteiger partial charge in [-0.2, -0.15) is 4.98 Å². The number of hydrogen-bond acceptors (Lipinski definition) is 5. The molecule has 0 unspecified atom stereocenters. The second-order valence-corrected chi connectivity index (χ2v) is 6.26. The van der Waals surface area contributed by atoms with Crippen LogP contribution in [-0.2, 0) is 0 Å². The van der Waals surface area contributed by atoms with Crippen molar-refractivity contribution in [2.75, 3.05) is 0 Å². The number of carboxylic acids is 1. The van der Waals surface area contributed by atoms with Crippen molar-refractivity contribution in [1.82, 2.24) is 19.9 Å². The summed E-state index contributed by atoms with van der Waals surface area (Å²) in [6, 6.07) is 10.3. The summed E-state index contributed by atoms with van der Waals surface area (Å²) in [7, 11) is 0. The van der Waals surface area contributed by atoms with Crippen LogP contribution in [-0.4, -0.2) is 31.0 Å². The third-order valence-corrected chi connectivity index (χ3v) is 4.30. The van der Waals surface area contributed by atoms with Crippen LogP contribution in [0, 0.1) is 6.92 Å². The van der Waals surface area contributed by atoms with E-state index in [1.165, 1.54) is 6.07 Å². The van der Waals surface area contributed by atoms with Crippen LogP contribution in [0.25, 0.3) is 22.4 Å². The molecule has 0 aliphatic rings. The molecule has 3 aromatic heterocycles. The van der Waals surface area contributed by atoms with Crippen molar-refractivity contribution in [3.63, 3.8) is 0 Å². The van der Waals surface area contributed by atoms with Gasteiger partial charge in [0.05, 0.1) is 21.8 Å². The third kappa shape index (κ3) is 3.32. The largest absolute Gasteiger partial charge is 0.478 e. The van der Waals surface area contributed by atoms with E-state index >= 15 is 0 Å². The van der Waals surface area contributed by atoms with Crippen LogP contribution in [0.3, 0.4) is 0 Å². The third-order valence-electron chi connectivity index (χ3n) is 4.01. The monoisotopic (exact) mass is 380 g/mol. The van der Waals surface area contributed by atoms with Crippen molar-refractivity contribution in [3.05, 3.63) is 64.9 Å². The normalized spacial score (nSPS) is 10.9. The number of H-pyrrole nitrogens is 1. The lowest BCUT2D eigenvalue weighted by molar-refractivity contribution is 0.0695. The highest BCUT2D eigenvalue weighted by atomic mass is 35.5. The van der Waals surface area contributed by atoms with Gasteiger partial charge in [0.15, 0.2) is 5.65 Å². The summed E-state index contributed by atoms with van der Waals surface area (Å²) in [5, 5.41) is 9.70. The highest BCUT2D eigenvalue weighted by Crippen LogP contribution is 2.30. The predicted octanol–water partition coefficient (Wildman–Crippen LogP) is 4.47. The second kappa shape index (κ2) is 6.69. The number of fused-ring (bicyclic) bond motifs is 1. The van der Waals surface area contributed by atoms with E-state index < -0.39 is 5.97 Å². The van der Waals surface area contributed by atoms with Gasteiger partial charge in [0.1, 0.15) is 5.75 Å². The zero-order chi connectivity index (χ0) is 19.0. The van der Waals surface area contributed by atoms with Crippen LogP contribution in [0.2, 0.25) is 5.02 Å². The average molecular weight is 381 g/mol. The van der Waals surface area contributed by atoms with Gasteiger partial charge in [-0.25, -0.2) is 9.78 Å². The van der Waals surface area contributed by atoms with Gasteiger partial charge in [-0.05, 0) is 42.8 Å². The molecule has 0 aliphatic carbocycles. The van der Waals surface area contributed by atoms with Gasteiger partial charge in [-0.3, -0.25) is 4.98 Å². The molecule has 8 heteroatoms. The first-order chi connectivity index (χ1) is 13.0. The summed E-state index contributed by atoms with van der Waals surface area (Å²) in [4.78, 5) is 27.1. The lowest BCUT2D eigenvalue weighted by atomic mass is 10.1. The minimum absolute atomic E-state index is 0.171. The Morgan fingerprint density at radius 3 is 2.67 bits per heavy atom. The van der Waals surface area contributed by atoms with E-state index in [4.69, 9.17) is 16.3 Å². The minimum atomic E-state index is -1.02. The van der Waals surface area contributed by atoms with Gasteiger partial charge in [0.2, 0.25) is 0 Å². The van der Waals surface area contributed by atoms with Crippen molar-refractivity contribution in [3.8, 4) is 23.0 Å². The molecular formula is C19H13ClN4O3. The first-order valence-electron chi connectivity index (χ1n) is 8.00. The number of aromatic nitrogens is 4. The van der Waals surface area contributed by atoms with Crippen LogP contribution < -0.4 is 4.74 Å². The van der Waals surface area contributed by atoms with Crippen LogP contribution in [0.15, 0.2) is 48.8 Å². The zero-order valence-electron chi connectivity index (χ0n) is 14.1. The molecule has 0 saturated heterocycles. The van der Waals surface area contributed by atoms with Crippen LogP contribution in [0.4, 0.5) is 0 Å². The molecular weight excluding hydrogens is 368 g/mol. The molecule has 0 saturated carbocycles. The average Bonchev–Trinajstić information content (AvgIpc) is 3.04. The molecule has 3 heterocycles. The lowest BCUT2D eigenvalue weighted by Crippen LogP contribution is -2.00. The Morgan fingerprint density at radius 1 is 1.15 bits per heavy atom. The number of carbonyl (C=O) groups is 1. The molecule has 0 bridgehead atoms. The molecule has 4 aromatic rings. The number of aromatic amines is 1. The van der Waals surface area contributed by atoms with Gasteiger partial charge in [-0.15, -0.1) is 0 Å². The quantitative estimate of drug-likeness (QED) is 0.541. The van der Waals surface area contributed by atoms with E-state index in [-0.39, 0.29) is 11.6 Å². The van der Waals surface area contributed by atoms with Crippen molar-refractivity contribution < 1.29 is 14.6 Å². The molecule has 0 fully saturated rings.